The molecule has 0 saturated heterocycles. The topological polar surface area (TPSA) is 50.3 Å². The minimum atomic E-state index is -0.0841. The number of ether oxygens (including phenoxy) is 1. The molecule has 1 aliphatic heterocycles. The van der Waals surface area contributed by atoms with Crippen LogP contribution in [0.1, 0.15) is 51.0 Å². The molecule has 0 bridgehead atoms. The highest BCUT2D eigenvalue weighted by molar-refractivity contribution is 7.98. The minimum absolute atomic E-state index is 0.0841. The normalized spacial score (nSPS) is 19.6. The lowest BCUT2D eigenvalue weighted by atomic mass is 9.90. The minimum Gasteiger partial charge on any atom is -0.369 e. The van der Waals surface area contributed by atoms with Crippen LogP contribution >= 0.6 is 23.1 Å². The number of hydrogen-bond donors (Lipinski definition) is 1. The van der Waals surface area contributed by atoms with E-state index in [0.29, 0.717) is 6.61 Å². The Kier molecular flexibility index (Phi) is 7.00. The van der Waals surface area contributed by atoms with Crippen molar-refractivity contribution in [2.75, 3.05) is 37.8 Å². The van der Waals surface area contributed by atoms with Crippen molar-refractivity contribution in [1.29, 1.82) is 0 Å². The van der Waals surface area contributed by atoms with Crippen molar-refractivity contribution in [2.24, 2.45) is 0 Å². The van der Waals surface area contributed by atoms with E-state index >= 15 is 0 Å². The van der Waals surface area contributed by atoms with E-state index in [2.05, 4.69) is 37.9 Å². The number of hydrogen-bond acceptors (Lipinski definition) is 7. The molecule has 5 nitrogen and oxygen atoms in total. The molecule has 1 aliphatic rings. The molecule has 3 heterocycles. The van der Waals surface area contributed by atoms with E-state index in [9.17, 15) is 0 Å². The van der Waals surface area contributed by atoms with Gasteiger partial charge in [0, 0.05) is 17.8 Å². The van der Waals surface area contributed by atoms with Gasteiger partial charge in [0.05, 0.1) is 17.6 Å². The van der Waals surface area contributed by atoms with E-state index in [1.165, 1.54) is 15.8 Å². The largest absolute Gasteiger partial charge is 0.369 e. The monoisotopic (exact) mass is 408 g/mol. The summed E-state index contributed by atoms with van der Waals surface area (Å²) in [5.41, 5.74) is 1.31. The Morgan fingerprint density at radius 2 is 2.04 bits per heavy atom. The van der Waals surface area contributed by atoms with E-state index in [0.717, 1.165) is 61.2 Å². The van der Waals surface area contributed by atoms with Crippen LogP contribution in [0.4, 0.5) is 5.82 Å². The second kappa shape index (κ2) is 9.07. The Labute approximate surface area is 171 Å². The maximum absolute atomic E-state index is 6.15. The van der Waals surface area contributed by atoms with Crippen LogP contribution in [0.2, 0.25) is 0 Å². The zero-order valence-electron chi connectivity index (χ0n) is 17.2. The van der Waals surface area contributed by atoms with Gasteiger partial charge in [0.15, 0.2) is 5.16 Å². The smallest absolute Gasteiger partial charge is 0.190 e. The second-order valence-corrected chi connectivity index (χ2v) is 9.18. The molecule has 150 valence electrons. The van der Waals surface area contributed by atoms with Crippen LogP contribution in [0.3, 0.4) is 0 Å². The van der Waals surface area contributed by atoms with Crippen molar-refractivity contribution < 1.29 is 4.74 Å². The van der Waals surface area contributed by atoms with E-state index < -0.39 is 0 Å². The van der Waals surface area contributed by atoms with Crippen LogP contribution in [0, 0.1) is 0 Å². The first-order valence-corrected chi connectivity index (χ1v) is 12.0. The second-order valence-electron chi connectivity index (χ2n) is 7.32. The first-order chi connectivity index (χ1) is 13.0. The fourth-order valence-electron chi connectivity index (χ4n) is 3.55. The van der Waals surface area contributed by atoms with Gasteiger partial charge in [-0.3, -0.25) is 0 Å². The number of aromatic nitrogens is 2. The Hall–Kier alpha value is -0.890. The van der Waals surface area contributed by atoms with Crippen molar-refractivity contribution in [1.82, 2.24) is 14.9 Å². The molecule has 0 aliphatic carbocycles. The Bertz CT molecular complexity index is 775. The summed E-state index contributed by atoms with van der Waals surface area (Å²) in [5, 5.41) is 5.68. The number of nitrogens with zero attached hydrogens (tertiary/aromatic N) is 3. The van der Waals surface area contributed by atoms with Gasteiger partial charge in [-0.1, -0.05) is 32.5 Å². The highest BCUT2D eigenvalue weighted by atomic mass is 32.2. The average Bonchev–Trinajstić information content (AvgIpc) is 3.05. The van der Waals surface area contributed by atoms with E-state index in [4.69, 9.17) is 14.7 Å². The predicted molar refractivity (Wildman–Crippen MR) is 117 cm³/mol. The van der Waals surface area contributed by atoms with Gasteiger partial charge in [0.1, 0.15) is 10.6 Å². The summed E-state index contributed by atoms with van der Waals surface area (Å²) in [4.78, 5) is 14.5. The van der Waals surface area contributed by atoms with Gasteiger partial charge in [-0.05, 0) is 51.2 Å². The standard InChI is InChI=1S/C20H32N4OS2/c1-6-20(4)12-14-15(13-25-20)27-18-16(14)17(22-19(23-18)26-5)21-10-9-11-24(7-2)8-3/h6-13H2,1-5H3,(H,21,22,23)/t20-/m1/s1. The summed E-state index contributed by atoms with van der Waals surface area (Å²) in [6, 6.07) is 0. The summed E-state index contributed by atoms with van der Waals surface area (Å²) >= 11 is 3.37. The molecule has 27 heavy (non-hydrogen) atoms. The van der Waals surface area contributed by atoms with Crippen LogP contribution in [0.5, 0.6) is 0 Å². The predicted octanol–water partition coefficient (Wildman–Crippen LogP) is 4.80. The average molecular weight is 409 g/mol. The molecule has 0 fully saturated rings. The van der Waals surface area contributed by atoms with Crippen molar-refractivity contribution in [3.05, 3.63) is 10.4 Å². The highest BCUT2D eigenvalue weighted by Crippen LogP contribution is 2.42. The first kappa shape index (κ1) is 20.8. The summed E-state index contributed by atoms with van der Waals surface area (Å²) in [6.45, 7) is 13.8. The summed E-state index contributed by atoms with van der Waals surface area (Å²) in [6.07, 6.45) is 5.11. The lowest BCUT2D eigenvalue weighted by molar-refractivity contribution is -0.0542. The van der Waals surface area contributed by atoms with Crippen LogP contribution < -0.4 is 5.32 Å². The SMILES string of the molecule is CCN(CC)CCCNc1nc(SC)nc2sc3c(c12)C[C@@](C)(CC)OC3. The molecule has 0 aromatic carbocycles. The zero-order chi connectivity index (χ0) is 19.4. The quantitative estimate of drug-likeness (QED) is 0.365. The summed E-state index contributed by atoms with van der Waals surface area (Å²) in [7, 11) is 0. The summed E-state index contributed by atoms with van der Waals surface area (Å²) < 4.78 is 6.15. The summed E-state index contributed by atoms with van der Waals surface area (Å²) in [5.74, 6) is 1.00. The van der Waals surface area contributed by atoms with Crippen molar-refractivity contribution in [2.45, 2.75) is 64.3 Å². The number of fused-ring (bicyclic) bond motifs is 3. The molecule has 3 rings (SSSR count). The first-order valence-electron chi connectivity index (χ1n) is 10.00. The molecule has 0 unspecified atom stereocenters. The van der Waals surface area contributed by atoms with E-state index in [-0.39, 0.29) is 5.60 Å². The molecule has 0 radical (unpaired) electrons. The van der Waals surface area contributed by atoms with Gasteiger partial charge >= 0.3 is 0 Å². The van der Waals surface area contributed by atoms with Crippen LogP contribution in [0.25, 0.3) is 10.2 Å². The van der Waals surface area contributed by atoms with E-state index in [1.807, 2.05) is 6.26 Å². The van der Waals surface area contributed by atoms with Gasteiger partial charge in [0.25, 0.3) is 0 Å². The number of anilines is 1. The van der Waals surface area contributed by atoms with Gasteiger partial charge in [-0.15, -0.1) is 11.3 Å². The number of rotatable bonds is 9. The zero-order valence-corrected chi connectivity index (χ0v) is 18.9. The molecule has 1 atom stereocenters. The lowest BCUT2D eigenvalue weighted by Gasteiger charge is -2.33. The van der Waals surface area contributed by atoms with Crippen LogP contribution in [-0.2, 0) is 17.8 Å². The van der Waals surface area contributed by atoms with Crippen LogP contribution in [0.15, 0.2) is 5.16 Å². The molecule has 7 heteroatoms. The van der Waals surface area contributed by atoms with Gasteiger partial charge in [-0.2, -0.15) is 0 Å². The van der Waals surface area contributed by atoms with Crippen LogP contribution in [-0.4, -0.2) is 52.9 Å². The van der Waals surface area contributed by atoms with Gasteiger partial charge < -0.3 is 15.0 Å². The third-order valence-electron chi connectivity index (χ3n) is 5.58. The highest BCUT2D eigenvalue weighted by Gasteiger charge is 2.33. The number of thiophene rings is 1. The van der Waals surface area contributed by atoms with Gasteiger partial charge in [0.2, 0.25) is 0 Å². The maximum Gasteiger partial charge on any atom is 0.190 e. The lowest BCUT2D eigenvalue weighted by Crippen LogP contribution is -2.34. The van der Waals surface area contributed by atoms with Gasteiger partial charge in [-0.25, -0.2) is 9.97 Å². The Morgan fingerprint density at radius 1 is 1.26 bits per heavy atom. The molecule has 2 aromatic rings. The Balaban J connectivity index is 1.86. The number of nitrogens with one attached hydrogen (secondary N) is 1. The maximum atomic E-state index is 6.15. The molecule has 0 saturated carbocycles. The molecular formula is C20H32N4OS2. The van der Waals surface area contributed by atoms with Crippen molar-refractivity contribution >= 4 is 39.1 Å². The third kappa shape index (κ3) is 4.58. The number of thioether (sulfide) groups is 1. The fourth-order valence-corrected chi connectivity index (χ4v) is 5.07. The van der Waals surface area contributed by atoms with Crippen molar-refractivity contribution in [3.63, 3.8) is 0 Å². The van der Waals surface area contributed by atoms with Crippen molar-refractivity contribution in [3.8, 4) is 0 Å². The molecule has 0 amide bonds. The molecular weight excluding hydrogens is 376 g/mol. The fraction of sp³-hybridized carbons (Fsp3) is 0.700. The Morgan fingerprint density at radius 3 is 2.70 bits per heavy atom. The third-order valence-corrected chi connectivity index (χ3v) is 7.23. The molecule has 0 spiro atoms. The molecule has 1 N–H and O–H groups in total. The van der Waals surface area contributed by atoms with E-state index in [1.54, 1.807) is 23.1 Å². The molecule has 2 aromatic heterocycles.